The molecule has 0 unspecified atom stereocenters. The molecule has 1 amide bonds. The van der Waals surface area contributed by atoms with Crippen LogP contribution in [0.5, 0.6) is 0 Å². The van der Waals surface area contributed by atoms with Gasteiger partial charge in [0.05, 0.1) is 28.5 Å². The number of thiazole rings is 1. The van der Waals surface area contributed by atoms with Gasteiger partial charge in [0.15, 0.2) is 5.96 Å². The molecular weight excluding hydrogens is 390 g/mol. The van der Waals surface area contributed by atoms with Gasteiger partial charge in [0.1, 0.15) is 5.01 Å². The van der Waals surface area contributed by atoms with Crippen molar-refractivity contribution in [3.05, 3.63) is 39.4 Å². The molecule has 1 aliphatic heterocycles. The smallest absolute Gasteiger partial charge is 0.231 e. The molecule has 1 aromatic carbocycles. The van der Waals surface area contributed by atoms with Crippen LogP contribution in [0.2, 0.25) is 0 Å². The molecule has 122 valence electrons. The molecule has 0 radical (unpaired) electrons. The molecule has 0 bridgehead atoms. The number of nitrogens with one attached hydrogen (secondary N) is 2. The second kappa shape index (κ2) is 6.00. The topological polar surface area (TPSA) is 92.9 Å². The van der Waals surface area contributed by atoms with Gasteiger partial charge >= 0.3 is 0 Å². The molecule has 1 aromatic heterocycles. The molecule has 3 rings (SSSR count). The number of benzene rings is 1. The monoisotopic (exact) mass is 403 g/mol. The Morgan fingerprint density at radius 3 is 2.92 bits per heavy atom. The van der Waals surface area contributed by atoms with Crippen molar-refractivity contribution in [1.82, 2.24) is 15.2 Å². The molecule has 1 aliphatic rings. The van der Waals surface area contributed by atoms with Crippen molar-refractivity contribution in [2.75, 3.05) is 7.05 Å². The summed E-state index contributed by atoms with van der Waals surface area (Å²) in [5, 5.41) is 20.8. The molecular formula is C16H14BrN5OS. The Morgan fingerprint density at radius 2 is 2.25 bits per heavy atom. The molecule has 2 N–H and O–H groups in total. The molecule has 2 heterocycles. The molecule has 1 fully saturated rings. The van der Waals surface area contributed by atoms with Crippen LogP contribution in [0.1, 0.15) is 23.9 Å². The van der Waals surface area contributed by atoms with E-state index in [1.165, 1.54) is 16.2 Å². The van der Waals surface area contributed by atoms with Gasteiger partial charge in [-0.2, -0.15) is 5.26 Å². The number of hydrogen-bond donors (Lipinski definition) is 2. The lowest BCUT2D eigenvalue weighted by Gasteiger charge is -2.37. The third-order valence-electron chi connectivity index (χ3n) is 3.90. The van der Waals surface area contributed by atoms with E-state index in [0.717, 1.165) is 19.9 Å². The number of amides is 1. The summed E-state index contributed by atoms with van der Waals surface area (Å²) in [6, 6.07) is 7.62. The minimum Gasteiger partial charge on any atom is -0.344 e. The summed E-state index contributed by atoms with van der Waals surface area (Å²) >= 11 is 4.86. The molecule has 6 nitrogen and oxygen atoms in total. The first-order chi connectivity index (χ1) is 11.3. The number of carbonyl (C=O) groups excluding carboxylic acids is 1. The molecule has 0 aliphatic carbocycles. The average Bonchev–Trinajstić information content (AvgIpc) is 3.03. The van der Waals surface area contributed by atoms with Crippen molar-refractivity contribution >= 4 is 39.1 Å². The van der Waals surface area contributed by atoms with E-state index in [2.05, 4.69) is 32.3 Å². The van der Waals surface area contributed by atoms with Crippen LogP contribution in [0.25, 0.3) is 10.4 Å². The van der Waals surface area contributed by atoms with Crippen LogP contribution >= 0.6 is 27.3 Å². The van der Waals surface area contributed by atoms with E-state index >= 15 is 0 Å². The highest BCUT2D eigenvalue weighted by Crippen LogP contribution is 2.36. The molecule has 0 spiro atoms. The number of rotatable bonds is 2. The number of hydrogen-bond acceptors (Lipinski definition) is 5. The maximum absolute atomic E-state index is 12.1. The summed E-state index contributed by atoms with van der Waals surface area (Å²) in [7, 11) is 1.58. The number of halogens is 1. The fourth-order valence-electron chi connectivity index (χ4n) is 2.52. The fourth-order valence-corrected chi connectivity index (χ4v) is 4.02. The highest BCUT2D eigenvalue weighted by atomic mass is 79.9. The van der Waals surface area contributed by atoms with Gasteiger partial charge < -0.3 is 5.32 Å². The predicted octanol–water partition coefficient (Wildman–Crippen LogP) is 3.05. The zero-order valence-electron chi connectivity index (χ0n) is 13.1. The van der Waals surface area contributed by atoms with Gasteiger partial charge in [-0.1, -0.05) is 15.9 Å². The fraction of sp³-hybridized carbons (Fsp3) is 0.250. The molecule has 2 aromatic rings. The highest BCUT2D eigenvalue weighted by molar-refractivity contribution is 9.10. The Morgan fingerprint density at radius 1 is 1.50 bits per heavy atom. The third kappa shape index (κ3) is 2.92. The molecule has 8 heteroatoms. The maximum atomic E-state index is 12.1. The second-order valence-corrected chi connectivity index (χ2v) is 7.75. The van der Waals surface area contributed by atoms with Gasteiger partial charge in [0.2, 0.25) is 5.91 Å². The van der Waals surface area contributed by atoms with E-state index < -0.39 is 5.54 Å². The average molecular weight is 404 g/mol. The first-order valence-corrected chi connectivity index (χ1v) is 8.74. The van der Waals surface area contributed by atoms with Crippen molar-refractivity contribution in [2.24, 2.45) is 0 Å². The summed E-state index contributed by atoms with van der Waals surface area (Å²) in [4.78, 5) is 18.7. The highest BCUT2D eigenvalue weighted by Gasteiger charge is 2.40. The van der Waals surface area contributed by atoms with E-state index in [1.54, 1.807) is 25.4 Å². The van der Waals surface area contributed by atoms with Crippen LogP contribution in [0, 0.1) is 16.7 Å². The maximum Gasteiger partial charge on any atom is 0.231 e. The molecule has 0 saturated carbocycles. The minimum atomic E-state index is -0.701. The van der Waals surface area contributed by atoms with E-state index in [9.17, 15) is 4.79 Å². The number of guanidine groups is 1. The van der Waals surface area contributed by atoms with E-state index in [1.807, 2.05) is 13.0 Å². The van der Waals surface area contributed by atoms with E-state index in [0.29, 0.717) is 5.56 Å². The zero-order valence-corrected chi connectivity index (χ0v) is 15.5. The van der Waals surface area contributed by atoms with Gasteiger partial charge in [-0.15, -0.1) is 11.3 Å². The third-order valence-corrected chi connectivity index (χ3v) is 5.67. The Kier molecular flexibility index (Phi) is 4.15. The van der Waals surface area contributed by atoms with E-state index in [4.69, 9.17) is 10.7 Å². The summed E-state index contributed by atoms with van der Waals surface area (Å²) in [5.74, 6) is -0.0491. The van der Waals surface area contributed by atoms with Crippen molar-refractivity contribution < 1.29 is 4.79 Å². The Bertz CT molecular complexity index is 867. The van der Waals surface area contributed by atoms with Crippen molar-refractivity contribution in [2.45, 2.75) is 18.9 Å². The quantitative estimate of drug-likeness (QED) is 0.805. The van der Waals surface area contributed by atoms with Crippen molar-refractivity contribution in [1.29, 1.82) is 10.7 Å². The molecule has 1 atom stereocenters. The van der Waals surface area contributed by atoms with Crippen LogP contribution in [0.3, 0.4) is 0 Å². The lowest BCUT2D eigenvalue weighted by molar-refractivity contribution is -0.129. The van der Waals surface area contributed by atoms with Crippen molar-refractivity contribution in [3.63, 3.8) is 0 Å². The predicted molar refractivity (Wildman–Crippen MR) is 95.6 cm³/mol. The van der Waals surface area contributed by atoms with Crippen LogP contribution in [0.15, 0.2) is 28.9 Å². The van der Waals surface area contributed by atoms with Crippen LogP contribution in [-0.2, 0) is 10.3 Å². The standard InChI is InChI=1S/C16H14BrN5OS/c1-16(6-13(23)22(2)15(19)21-16)14-20-8-12(24-14)10-3-9(7-18)4-11(17)5-10/h3-5,8H,6H2,1-2H3,(H2,19,21)/t16-/m0/s1. The first kappa shape index (κ1) is 16.6. The summed E-state index contributed by atoms with van der Waals surface area (Å²) in [5.41, 5.74) is 0.755. The largest absolute Gasteiger partial charge is 0.344 e. The lowest BCUT2D eigenvalue weighted by Crippen LogP contribution is -2.58. The van der Waals surface area contributed by atoms with Crippen LogP contribution in [0.4, 0.5) is 0 Å². The first-order valence-electron chi connectivity index (χ1n) is 7.13. The summed E-state index contributed by atoms with van der Waals surface area (Å²) in [6.45, 7) is 1.87. The Balaban J connectivity index is 1.97. The molecule has 24 heavy (non-hydrogen) atoms. The van der Waals surface area contributed by atoms with Gasteiger partial charge in [0.25, 0.3) is 0 Å². The van der Waals surface area contributed by atoms with Crippen LogP contribution in [-0.4, -0.2) is 28.8 Å². The second-order valence-electron chi connectivity index (χ2n) is 5.81. The number of aromatic nitrogens is 1. The minimum absolute atomic E-state index is 0.0692. The van der Waals surface area contributed by atoms with Gasteiger partial charge in [-0.05, 0) is 30.7 Å². The van der Waals surface area contributed by atoms with Gasteiger partial charge in [0, 0.05) is 17.7 Å². The number of nitriles is 1. The van der Waals surface area contributed by atoms with Crippen LogP contribution < -0.4 is 5.32 Å². The van der Waals surface area contributed by atoms with Crippen molar-refractivity contribution in [3.8, 4) is 16.5 Å². The summed E-state index contributed by atoms with van der Waals surface area (Å²) in [6.07, 6.45) is 1.98. The normalized spacial score (nSPS) is 20.7. The van der Waals surface area contributed by atoms with Gasteiger partial charge in [-0.25, -0.2) is 4.98 Å². The number of carbonyl (C=O) groups is 1. The Hall–Kier alpha value is -2.24. The lowest BCUT2D eigenvalue weighted by atomic mass is 9.96. The number of nitrogens with zero attached hydrogens (tertiary/aromatic N) is 3. The van der Waals surface area contributed by atoms with E-state index in [-0.39, 0.29) is 18.3 Å². The SMILES string of the molecule is CN1C(=N)N[C@](C)(c2ncc(-c3cc(Br)cc(C#N)c3)s2)CC1=O. The summed E-state index contributed by atoms with van der Waals surface area (Å²) < 4.78 is 0.826. The van der Waals surface area contributed by atoms with Gasteiger partial charge in [-0.3, -0.25) is 15.1 Å². The molecule has 1 saturated heterocycles. The Labute approximate surface area is 151 Å². The zero-order chi connectivity index (χ0) is 17.5.